The van der Waals surface area contributed by atoms with Crippen molar-refractivity contribution in [3.8, 4) is 0 Å². The fourth-order valence-corrected chi connectivity index (χ4v) is 5.11. The lowest BCUT2D eigenvalue weighted by atomic mass is 9.84. The first kappa shape index (κ1) is 24.2. The molecule has 2 fully saturated rings. The van der Waals surface area contributed by atoms with Crippen LogP contribution >= 0.6 is 0 Å². The van der Waals surface area contributed by atoms with Crippen molar-refractivity contribution in [3.05, 3.63) is 47.4 Å². The van der Waals surface area contributed by atoms with E-state index < -0.39 is 17.7 Å². The number of amides is 1. The fraction of sp³-hybridized carbons (Fsp3) is 0.480. The number of halogens is 3. The molecule has 0 spiro atoms. The lowest BCUT2D eigenvalue weighted by Crippen LogP contribution is -2.29. The molecule has 3 aromatic rings. The monoisotopic (exact) mass is 500 g/mol. The zero-order chi connectivity index (χ0) is 25.4. The molecule has 1 amide bonds. The zero-order valence-electron chi connectivity index (χ0n) is 19.9. The number of alkyl halides is 2. The summed E-state index contributed by atoms with van der Waals surface area (Å²) in [4.78, 5) is 42.1. The summed E-state index contributed by atoms with van der Waals surface area (Å²) in [6.07, 6.45) is 4.38. The van der Waals surface area contributed by atoms with Gasteiger partial charge >= 0.3 is 0 Å². The first-order chi connectivity index (χ1) is 17.2. The van der Waals surface area contributed by atoms with Crippen LogP contribution in [0.5, 0.6) is 0 Å². The Morgan fingerprint density at radius 2 is 1.94 bits per heavy atom. The Bertz CT molecular complexity index is 1300. The molecule has 1 atom stereocenters. The van der Waals surface area contributed by atoms with Crippen molar-refractivity contribution in [2.45, 2.75) is 57.4 Å². The van der Waals surface area contributed by atoms with Crippen molar-refractivity contribution in [2.75, 3.05) is 18.4 Å². The number of carbonyl (C=O) groups excluding carboxylic acids is 2. The van der Waals surface area contributed by atoms with Gasteiger partial charge in [0.25, 0.3) is 0 Å². The smallest absolute Gasteiger partial charge is 0.248 e. The zero-order valence-corrected chi connectivity index (χ0v) is 19.9. The predicted molar refractivity (Wildman–Crippen MR) is 126 cm³/mol. The van der Waals surface area contributed by atoms with E-state index in [-0.39, 0.29) is 41.8 Å². The summed E-state index contributed by atoms with van der Waals surface area (Å²) in [7, 11) is 0. The van der Waals surface area contributed by atoms with Crippen molar-refractivity contribution < 1.29 is 22.8 Å². The maximum atomic E-state index is 15.0. The Hall–Kier alpha value is -3.50. The number of H-pyrrole nitrogens is 1. The lowest BCUT2D eigenvalue weighted by molar-refractivity contribution is -0.127. The van der Waals surface area contributed by atoms with Crippen LogP contribution in [0.25, 0.3) is 11.0 Å². The Labute approximate surface area is 205 Å². The highest BCUT2D eigenvalue weighted by atomic mass is 19.3. The van der Waals surface area contributed by atoms with Crippen molar-refractivity contribution in [1.82, 2.24) is 24.8 Å². The number of pyridine rings is 1. The molecule has 4 heterocycles. The number of hydrogen-bond donors (Lipinski definition) is 2. The molecule has 1 saturated heterocycles. The highest BCUT2D eigenvalue weighted by molar-refractivity contribution is 6.18. The molecule has 36 heavy (non-hydrogen) atoms. The standard InChI is InChI=1S/C25H27F3N6O2/c1-14(35)34-9-6-17(12-34)33-24-20-19(11-29-23(20)30-13-31-24)21(36)18-3-2-16(32-22(18)26)10-15-4-7-25(27,28)8-5-15/h2-3,11,13,15,17H,4-10,12H2,1H3,(H2,29,30,31,33). The third kappa shape index (κ3) is 4.91. The minimum atomic E-state index is -2.62. The molecule has 1 saturated carbocycles. The number of ketones is 1. The van der Waals surface area contributed by atoms with Gasteiger partial charge in [-0.15, -0.1) is 0 Å². The van der Waals surface area contributed by atoms with E-state index in [0.717, 1.165) is 6.42 Å². The summed E-state index contributed by atoms with van der Waals surface area (Å²) in [5.74, 6) is -3.63. The first-order valence-corrected chi connectivity index (χ1v) is 12.1. The van der Waals surface area contributed by atoms with E-state index >= 15 is 0 Å². The number of anilines is 1. The number of fused-ring (bicyclic) bond motifs is 1. The van der Waals surface area contributed by atoms with E-state index in [1.807, 2.05) is 0 Å². The van der Waals surface area contributed by atoms with Crippen LogP contribution in [0.2, 0.25) is 0 Å². The van der Waals surface area contributed by atoms with Crippen LogP contribution in [-0.2, 0) is 11.2 Å². The van der Waals surface area contributed by atoms with Gasteiger partial charge in [-0.3, -0.25) is 9.59 Å². The average Bonchev–Trinajstić information content (AvgIpc) is 3.48. The summed E-state index contributed by atoms with van der Waals surface area (Å²) in [6, 6.07) is 2.94. The first-order valence-electron chi connectivity index (χ1n) is 12.1. The van der Waals surface area contributed by atoms with Gasteiger partial charge in [0.15, 0.2) is 5.78 Å². The molecule has 3 aromatic heterocycles. The van der Waals surface area contributed by atoms with Gasteiger partial charge in [0, 0.05) is 50.8 Å². The second-order valence-electron chi connectivity index (χ2n) is 9.72. The van der Waals surface area contributed by atoms with Crippen molar-refractivity contribution in [3.63, 3.8) is 0 Å². The van der Waals surface area contributed by atoms with E-state index in [1.165, 1.54) is 25.5 Å². The van der Waals surface area contributed by atoms with Crippen LogP contribution in [0.3, 0.4) is 0 Å². The average molecular weight is 501 g/mol. The van der Waals surface area contributed by atoms with Gasteiger partial charge in [-0.05, 0) is 43.7 Å². The minimum Gasteiger partial charge on any atom is -0.365 e. The van der Waals surface area contributed by atoms with Crippen molar-refractivity contribution >= 4 is 28.5 Å². The number of aromatic amines is 1. The van der Waals surface area contributed by atoms with Crippen LogP contribution in [0.1, 0.15) is 60.6 Å². The Balaban J connectivity index is 1.35. The molecule has 8 nitrogen and oxygen atoms in total. The van der Waals surface area contributed by atoms with Crippen LogP contribution in [0.4, 0.5) is 19.0 Å². The number of nitrogens with one attached hydrogen (secondary N) is 2. The van der Waals surface area contributed by atoms with Gasteiger partial charge in [0.05, 0.1) is 16.5 Å². The van der Waals surface area contributed by atoms with Crippen LogP contribution in [0, 0.1) is 11.9 Å². The number of likely N-dealkylation sites (tertiary alicyclic amines) is 1. The molecule has 1 aliphatic heterocycles. The summed E-state index contributed by atoms with van der Waals surface area (Å²) in [5, 5.41) is 3.74. The second-order valence-corrected chi connectivity index (χ2v) is 9.72. The van der Waals surface area contributed by atoms with E-state index in [0.29, 0.717) is 54.9 Å². The van der Waals surface area contributed by atoms with Crippen LogP contribution in [-0.4, -0.2) is 61.6 Å². The van der Waals surface area contributed by atoms with Gasteiger partial charge in [0.2, 0.25) is 17.8 Å². The third-order valence-corrected chi connectivity index (χ3v) is 7.17. The van der Waals surface area contributed by atoms with Gasteiger partial charge < -0.3 is 15.2 Å². The molecule has 2 aliphatic rings. The molecular weight excluding hydrogens is 473 g/mol. The van der Waals surface area contributed by atoms with Crippen molar-refractivity contribution in [1.29, 1.82) is 0 Å². The number of nitrogens with zero attached hydrogens (tertiary/aromatic N) is 4. The van der Waals surface area contributed by atoms with Gasteiger partial charge in [0.1, 0.15) is 17.8 Å². The largest absolute Gasteiger partial charge is 0.365 e. The minimum absolute atomic E-state index is 0.00232. The SMILES string of the molecule is CC(=O)N1CCC(Nc2ncnc3[nH]cc(C(=O)c4ccc(CC5CCC(F)(F)CC5)nc4F)c23)C1. The molecule has 190 valence electrons. The van der Waals surface area contributed by atoms with Crippen molar-refractivity contribution in [2.24, 2.45) is 5.92 Å². The van der Waals surface area contributed by atoms with Gasteiger partial charge in [-0.2, -0.15) is 4.39 Å². The maximum absolute atomic E-state index is 15.0. The quantitative estimate of drug-likeness (QED) is 0.390. The van der Waals surface area contributed by atoms with E-state index in [4.69, 9.17) is 0 Å². The van der Waals surface area contributed by atoms with Gasteiger partial charge in [-0.1, -0.05) is 0 Å². The number of rotatable bonds is 6. The Morgan fingerprint density at radius 3 is 2.64 bits per heavy atom. The van der Waals surface area contributed by atoms with E-state index in [9.17, 15) is 22.8 Å². The van der Waals surface area contributed by atoms with Crippen LogP contribution in [0.15, 0.2) is 24.7 Å². The molecule has 0 aromatic carbocycles. The molecule has 5 rings (SSSR count). The summed E-state index contributed by atoms with van der Waals surface area (Å²) >= 11 is 0. The molecular formula is C25H27F3N6O2. The highest BCUT2D eigenvalue weighted by Crippen LogP contribution is 2.37. The molecule has 11 heteroatoms. The molecule has 1 unspecified atom stereocenters. The number of aromatic nitrogens is 4. The Kier molecular flexibility index (Phi) is 6.40. The second kappa shape index (κ2) is 9.51. The third-order valence-electron chi connectivity index (χ3n) is 7.17. The summed E-state index contributed by atoms with van der Waals surface area (Å²) < 4.78 is 41.8. The fourth-order valence-electron chi connectivity index (χ4n) is 5.11. The number of hydrogen-bond acceptors (Lipinski definition) is 6. The molecule has 2 N–H and O–H groups in total. The van der Waals surface area contributed by atoms with Gasteiger partial charge in [-0.25, -0.2) is 23.7 Å². The normalized spacial score (nSPS) is 20.1. The predicted octanol–water partition coefficient (Wildman–Crippen LogP) is 4.12. The van der Waals surface area contributed by atoms with Crippen LogP contribution < -0.4 is 5.32 Å². The number of carbonyl (C=O) groups is 2. The maximum Gasteiger partial charge on any atom is 0.248 e. The summed E-state index contributed by atoms with van der Waals surface area (Å²) in [6.45, 7) is 2.68. The molecule has 0 bridgehead atoms. The summed E-state index contributed by atoms with van der Waals surface area (Å²) in [5.41, 5.74) is 0.891. The molecule has 0 radical (unpaired) electrons. The molecule has 1 aliphatic carbocycles. The Morgan fingerprint density at radius 1 is 1.17 bits per heavy atom. The highest BCUT2D eigenvalue weighted by Gasteiger charge is 2.35. The lowest BCUT2D eigenvalue weighted by Gasteiger charge is -2.28. The van der Waals surface area contributed by atoms with E-state index in [2.05, 4.69) is 25.3 Å². The topological polar surface area (TPSA) is 104 Å². The van der Waals surface area contributed by atoms with E-state index in [1.54, 1.807) is 11.0 Å².